The van der Waals surface area contributed by atoms with Crippen LogP contribution < -0.4 is 28.3 Å². The van der Waals surface area contributed by atoms with Gasteiger partial charge in [-0.15, -0.1) is 0 Å². The molecule has 0 atom stereocenters. The number of nitrogens with two attached hydrogens (primary N) is 4. The first-order chi connectivity index (χ1) is 23.7. The molecule has 0 saturated carbocycles. The highest BCUT2D eigenvalue weighted by molar-refractivity contribution is 9.11. The maximum absolute atomic E-state index is 6.08. The number of hydrogen-bond acceptors (Lipinski definition) is 15. The Morgan fingerprint density at radius 2 is 1.00 bits per heavy atom. The molecule has 49 heavy (non-hydrogen) atoms. The van der Waals surface area contributed by atoms with Gasteiger partial charge in [0.25, 0.3) is 17.8 Å². The molecule has 0 bridgehead atoms. The van der Waals surface area contributed by atoms with Crippen LogP contribution in [-0.2, 0) is 0 Å². The van der Waals surface area contributed by atoms with E-state index in [4.69, 9.17) is 34.5 Å². The largest absolute Gasteiger partial charge is 0.383 e. The number of nitrogens with zero attached hydrogens (tertiary/aromatic N) is 14. The van der Waals surface area contributed by atoms with Crippen molar-refractivity contribution in [3.8, 4) is 23.7 Å². The SMILES string of the molecule is CCCNc1nc(-n2cccn2)nc(N)c1Br.Nc1nc(-n2cccn2)nc(-n2cccn2)c1Cl.Nc1nc(-n2cccn2)nc(N)c1Br. The van der Waals surface area contributed by atoms with Gasteiger partial charge in [0.2, 0.25) is 0 Å². The summed E-state index contributed by atoms with van der Waals surface area (Å²) in [6, 6.07) is 7.10. The average molecular weight is 814 g/mol. The van der Waals surface area contributed by atoms with Gasteiger partial charge >= 0.3 is 0 Å². The fourth-order valence-corrected chi connectivity index (χ4v) is 4.40. The first-order valence-electron chi connectivity index (χ1n) is 14.1. The molecule has 19 nitrogen and oxygen atoms in total. The highest BCUT2D eigenvalue weighted by atomic mass is 79.9. The Morgan fingerprint density at radius 3 is 1.45 bits per heavy atom. The Balaban J connectivity index is 0.000000145. The van der Waals surface area contributed by atoms with Crippen molar-refractivity contribution in [1.29, 1.82) is 0 Å². The van der Waals surface area contributed by atoms with Gasteiger partial charge in [-0.1, -0.05) is 18.5 Å². The van der Waals surface area contributed by atoms with Gasteiger partial charge in [-0.3, -0.25) is 0 Å². The van der Waals surface area contributed by atoms with Gasteiger partial charge in [-0.2, -0.15) is 50.3 Å². The Morgan fingerprint density at radius 1 is 0.592 bits per heavy atom. The van der Waals surface area contributed by atoms with Crippen LogP contribution >= 0.6 is 43.5 Å². The molecule has 0 aliphatic heterocycles. The van der Waals surface area contributed by atoms with Gasteiger partial charge in [0.15, 0.2) is 5.82 Å². The summed E-state index contributed by atoms with van der Waals surface area (Å²) in [5.74, 6) is 3.41. The molecule has 22 heteroatoms. The van der Waals surface area contributed by atoms with E-state index in [1.165, 1.54) is 14.0 Å². The molecule has 7 aromatic rings. The minimum Gasteiger partial charge on any atom is -0.383 e. The molecule has 0 aromatic carbocycles. The molecule has 7 heterocycles. The molecule has 9 N–H and O–H groups in total. The molecule has 0 radical (unpaired) electrons. The molecule has 0 aliphatic carbocycles. The smallest absolute Gasteiger partial charge is 0.254 e. The Hall–Kier alpha value is -5.67. The van der Waals surface area contributed by atoms with Crippen LogP contribution in [0.1, 0.15) is 13.3 Å². The highest BCUT2D eigenvalue weighted by Crippen LogP contribution is 2.27. The topological polar surface area (TPSA) is 265 Å². The predicted octanol–water partition coefficient (Wildman–Crippen LogP) is 3.50. The molecule has 0 saturated heterocycles. The van der Waals surface area contributed by atoms with Crippen molar-refractivity contribution >= 4 is 72.6 Å². The lowest BCUT2D eigenvalue weighted by atomic mass is 10.4. The summed E-state index contributed by atoms with van der Waals surface area (Å²) < 4.78 is 7.27. The highest BCUT2D eigenvalue weighted by Gasteiger charge is 2.14. The van der Waals surface area contributed by atoms with Crippen molar-refractivity contribution in [2.75, 3.05) is 34.8 Å². The summed E-state index contributed by atoms with van der Waals surface area (Å²) in [7, 11) is 0. The van der Waals surface area contributed by atoms with Crippen LogP contribution in [0.25, 0.3) is 23.7 Å². The van der Waals surface area contributed by atoms with Gasteiger partial charge in [-0.25, -0.2) is 18.7 Å². The molecule has 252 valence electrons. The first-order valence-corrected chi connectivity index (χ1v) is 16.1. The predicted molar refractivity (Wildman–Crippen MR) is 191 cm³/mol. The lowest BCUT2D eigenvalue weighted by molar-refractivity contribution is 0.777. The van der Waals surface area contributed by atoms with E-state index in [1.807, 2.05) is 0 Å². The Labute approximate surface area is 300 Å². The fourth-order valence-electron chi connectivity index (χ4n) is 3.74. The van der Waals surface area contributed by atoms with E-state index in [9.17, 15) is 0 Å². The Bertz CT molecular complexity index is 2060. The first kappa shape index (κ1) is 34.7. The van der Waals surface area contributed by atoms with Crippen LogP contribution in [0.3, 0.4) is 0 Å². The number of aromatic nitrogens is 14. The summed E-state index contributed by atoms with van der Waals surface area (Å²) in [6.07, 6.45) is 14.5. The van der Waals surface area contributed by atoms with Crippen LogP contribution in [0, 0.1) is 0 Å². The third kappa shape index (κ3) is 8.44. The summed E-state index contributed by atoms with van der Waals surface area (Å²) in [4.78, 5) is 24.9. The summed E-state index contributed by atoms with van der Waals surface area (Å²) in [5.41, 5.74) is 22.8. The van der Waals surface area contributed by atoms with E-state index in [0.717, 1.165) is 13.0 Å². The van der Waals surface area contributed by atoms with E-state index < -0.39 is 0 Å². The zero-order valence-corrected chi connectivity index (χ0v) is 29.5. The van der Waals surface area contributed by atoms with E-state index in [0.29, 0.717) is 55.9 Å². The van der Waals surface area contributed by atoms with Gasteiger partial charge in [0.1, 0.15) is 43.1 Å². The second kappa shape index (κ2) is 16.0. The summed E-state index contributed by atoms with van der Waals surface area (Å²) in [5, 5.41) is 19.6. The molecular weight excluding hydrogens is 786 g/mol. The van der Waals surface area contributed by atoms with Crippen molar-refractivity contribution in [2.24, 2.45) is 0 Å². The minimum atomic E-state index is 0.183. The molecule has 0 aliphatic rings. The lowest BCUT2D eigenvalue weighted by Crippen LogP contribution is -2.10. The van der Waals surface area contributed by atoms with Gasteiger partial charge in [0, 0.05) is 56.1 Å². The standard InChI is InChI=1S/C10H13BrN6.C10H8ClN7.C7H7BrN6/c1-2-4-13-9-7(11)8(12)15-10(16-9)17-6-3-5-14-17;11-7-8(12)15-10(18-6-2-4-14-18)16-9(7)17-5-1-3-13-17;8-4-5(9)12-7(13-6(4)10)14-3-1-2-11-14/h3,5-6H,2,4H2,1H3,(H3,12,13,15,16);1-6H,(H2,12,15,16);1-3H,(H4,9,10,12,13). The van der Waals surface area contributed by atoms with Crippen LogP contribution in [0.4, 0.5) is 29.1 Å². The number of hydrogen-bond donors (Lipinski definition) is 5. The third-order valence-electron chi connectivity index (χ3n) is 6.00. The maximum Gasteiger partial charge on any atom is 0.254 e. The van der Waals surface area contributed by atoms with Crippen LogP contribution in [0.15, 0.2) is 82.8 Å². The van der Waals surface area contributed by atoms with Gasteiger partial charge in [-0.05, 0) is 62.5 Å². The normalized spacial score (nSPS) is 10.5. The van der Waals surface area contributed by atoms with E-state index >= 15 is 0 Å². The molecular formula is C27H28Br2ClN19. The van der Waals surface area contributed by atoms with Crippen molar-refractivity contribution in [3.05, 3.63) is 87.8 Å². The molecule has 7 aromatic heterocycles. The number of nitrogen functional groups attached to an aromatic ring is 4. The van der Waals surface area contributed by atoms with E-state index in [1.54, 1.807) is 78.5 Å². The third-order valence-corrected chi connectivity index (χ3v) is 7.95. The quantitative estimate of drug-likeness (QED) is 0.154. The van der Waals surface area contributed by atoms with Crippen molar-refractivity contribution < 1.29 is 0 Å². The van der Waals surface area contributed by atoms with Crippen LogP contribution in [-0.4, -0.2) is 75.6 Å². The fraction of sp³-hybridized carbons (Fsp3) is 0.111. The summed E-state index contributed by atoms with van der Waals surface area (Å²) in [6.45, 7) is 2.91. The molecule has 0 unspecified atom stereocenters. The number of nitrogens with one attached hydrogen (secondary N) is 1. The van der Waals surface area contributed by atoms with E-state index in [2.05, 4.69) is 94.4 Å². The maximum atomic E-state index is 6.08. The second-order valence-electron chi connectivity index (χ2n) is 9.46. The summed E-state index contributed by atoms with van der Waals surface area (Å²) >= 11 is 12.6. The minimum absolute atomic E-state index is 0.183. The molecule has 0 amide bonds. The monoisotopic (exact) mass is 811 g/mol. The Kier molecular flexibility index (Phi) is 11.3. The van der Waals surface area contributed by atoms with E-state index in [-0.39, 0.29) is 10.8 Å². The van der Waals surface area contributed by atoms with Crippen molar-refractivity contribution in [3.63, 3.8) is 0 Å². The van der Waals surface area contributed by atoms with Gasteiger partial charge < -0.3 is 28.3 Å². The van der Waals surface area contributed by atoms with Crippen LogP contribution in [0.2, 0.25) is 5.02 Å². The molecule has 0 fully saturated rings. The zero-order valence-electron chi connectivity index (χ0n) is 25.5. The number of halogens is 3. The number of anilines is 5. The van der Waals surface area contributed by atoms with Crippen molar-refractivity contribution in [2.45, 2.75) is 13.3 Å². The molecule has 0 spiro atoms. The van der Waals surface area contributed by atoms with Crippen molar-refractivity contribution in [1.82, 2.24) is 69.0 Å². The number of rotatable bonds is 7. The van der Waals surface area contributed by atoms with Gasteiger partial charge in [0.05, 0.1) is 0 Å². The van der Waals surface area contributed by atoms with Crippen LogP contribution in [0.5, 0.6) is 0 Å². The zero-order chi connectivity index (χ0) is 34.9. The lowest BCUT2D eigenvalue weighted by Gasteiger charge is -2.10. The average Bonchev–Trinajstić information content (AvgIpc) is 3.94. The second-order valence-corrected chi connectivity index (χ2v) is 11.4. The molecule has 7 rings (SSSR count).